The van der Waals surface area contributed by atoms with E-state index in [4.69, 9.17) is 0 Å². The molecule has 0 bridgehead atoms. The van der Waals surface area contributed by atoms with Crippen molar-refractivity contribution < 1.29 is 13.7 Å². The SMILES string of the molecule is O=[P+](C/C=C/c1ccc(-c2cc(/C=C/C[P+](=O)c3ccccc3)cc(/C=C/C[P+](=O)c3ccccc3)c2)cc1)c1ccccc1. The quantitative estimate of drug-likeness (QED) is 0.120. The van der Waals surface area contributed by atoms with Crippen molar-refractivity contribution in [1.29, 1.82) is 0 Å². The molecule has 0 aromatic heterocycles. The first kappa shape index (κ1) is 32.0. The standard InChI is InChI=1S/C39H34O3P3/c40-43(37-16-4-1-5-17-37)26-10-13-32-22-24-35(25-23-32)36-30-33(14-11-27-44(41)38-18-6-2-7-19-38)29-34(31-36)15-12-28-45(42)39-20-8-3-9-21-39/h1-25,29-31H,26-28H2/q+3/b13-10+,14-11+,15-12+. The maximum Gasteiger partial charge on any atom is 0.380 e. The Balaban J connectivity index is 1.32. The molecule has 0 fully saturated rings. The van der Waals surface area contributed by atoms with E-state index in [1.54, 1.807) is 0 Å². The smallest absolute Gasteiger partial charge is 0.0677 e. The number of hydrogen-bond acceptors (Lipinski definition) is 3. The van der Waals surface area contributed by atoms with Gasteiger partial charge in [0.25, 0.3) is 0 Å². The fraction of sp³-hybridized carbons (Fsp3) is 0.0769. The second-order valence-electron chi connectivity index (χ2n) is 10.4. The van der Waals surface area contributed by atoms with Crippen LogP contribution in [0, 0.1) is 0 Å². The Hall–Kier alpha value is -4.38. The Bertz CT molecular complexity index is 1760. The zero-order chi connectivity index (χ0) is 31.3. The van der Waals surface area contributed by atoms with E-state index < -0.39 is 23.4 Å². The zero-order valence-corrected chi connectivity index (χ0v) is 27.5. The molecule has 0 saturated heterocycles. The van der Waals surface area contributed by atoms with Crippen molar-refractivity contribution in [1.82, 2.24) is 0 Å². The molecule has 0 aliphatic heterocycles. The van der Waals surface area contributed by atoms with Gasteiger partial charge in [0, 0.05) is 0 Å². The lowest BCUT2D eigenvalue weighted by molar-refractivity contribution is 0.594. The maximum atomic E-state index is 12.8. The van der Waals surface area contributed by atoms with Crippen LogP contribution in [0.15, 0.2) is 152 Å². The molecule has 0 saturated carbocycles. The molecule has 0 heterocycles. The minimum Gasteiger partial charge on any atom is -0.0677 e. The van der Waals surface area contributed by atoms with Crippen molar-refractivity contribution in [3.8, 4) is 11.1 Å². The molecule has 0 amide bonds. The monoisotopic (exact) mass is 643 g/mol. The van der Waals surface area contributed by atoms with Gasteiger partial charge in [-0.1, -0.05) is 111 Å². The Labute approximate surface area is 268 Å². The lowest BCUT2D eigenvalue weighted by Gasteiger charge is -2.07. The van der Waals surface area contributed by atoms with E-state index in [0.29, 0.717) is 18.5 Å². The molecule has 220 valence electrons. The molecule has 45 heavy (non-hydrogen) atoms. The van der Waals surface area contributed by atoms with E-state index >= 15 is 0 Å². The van der Waals surface area contributed by atoms with Crippen molar-refractivity contribution >= 4 is 57.5 Å². The van der Waals surface area contributed by atoms with Gasteiger partial charge in [0.15, 0.2) is 34.4 Å². The first-order valence-corrected chi connectivity index (χ1v) is 19.1. The van der Waals surface area contributed by atoms with Crippen molar-refractivity contribution in [2.24, 2.45) is 0 Å². The molecule has 3 nitrogen and oxygen atoms in total. The average molecular weight is 644 g/mol. The summed E-state index contributed by atoms with van der Waals surface area (Å²) in [6.45, 7) is 0. The third-order valence-electron chi connectivity index (χ3n) is 7.10. The summed E-state index contributed by atoms with van der Waals surface area (Å²) in [5, 5.41) is 2.57. The topological polar surface area (TPSA) is 51.2 Å². The summed E-state index contributed by atoms with van der Waals surface area (Å²) in [6, 6.07) is 43.3. The number of hydrogen-bond donors (Lipinski definition) is 0. The van der Waals surface area contributed by atoms with Gasteiger partial charge in [0.1, 0.15) is 0 Å². The van der Waals surface area contributed by atoms with E-state index in [1.807, 2.05) is 127 Å². The van der Waals surface area contributed by atoms with Gasteiger partial charge in [-0.05, 0) is 101 Å². The number of benzene rings is 5. The average Bonchev–Trinajstić information content (AvgIpc) is 3.09. The highest BCUT2D eigenvalue weighted by Crippen LogP contribution is 2.27. The van der Waals surface area contributed by atoms with Gasteiger partial charge in [-0.25, -0.2) is 0 Å². The van der Waals surface area contributed by atoms with E-state index in [2.05, 4.69) is 42.5 Å². The molecular weight excluding hydrogens is 609 g/mol. The van der Waals surface area contributed by atoms with Crippen LogP contribution in [0.5, 0.6) is 0 Å². The summed E-state index contributed by atoms with van der Waals surface area (Å²) in [6.07, 6.45) is 13.4. The Morgan fingerprint density at radius 3 is 1.11 bits per heavy atom. The van der Waals surface area contributed by atoms with E-state index in [-0.39, 0.29) is 0 Å². The van der Waals surface area contributed by atoms with E-state index in [1.165, 1.54) is 0 Å². The van der Waals surface area contributed by atoms with E-state index in [9.17, 15) is 13.7 Å². The zero-order valence-electron chi connectivity index (χ0n) is 24.9. The molecule has 0 N–H and O–H groups in total. The van der Waals surface area contributed by atoms with Crippen molar-refractivity contribution in [2.75, 3.05) is 18.5 Å². The third kappa shape index (κ3) is 9.81. The molecule has 3 atom stereocenters. The predicted molar refractivity (Wildman–Crippen MR) is 195 cm³/mol. The normalized spacial score (nSPS) is 12.6. The van der Waals surface area contributed by atoms with Crippen LogP contribution in [-0.4, -0.2) is 18.5 Å². The third-order valence-corrected chi connectivity index (χ3v) is 11.3. The Morgan fingerprint density at radius 2 is 0.733 bits per heavy atom. The van der Waals surface area contributed by atoms with Crippen molar-refractivity contribution in [3.05, 3.63) is 168 Å². The second-order valence-corrected chi connectivity index (χ2v) is 15.3. The van der Waals surface area contributed by atoms with Gasteiger partial charge in [0.05, 0.1) is 0 Å². The second kappa shape index (κ2) is 16.6. The predicted octanol–water partition coefficient (Wildman–Crippen LogP) is 9.85. The summed E-state index contributed by atoms with van der Waals surface area (Å²) in [5.41, 5.74) is 5.17. The maximum absolute atomic E-state index is 12.8. The molecule has 5 aromatic rings. The summed E-state index contributed by atoms with van der Waals surface area (Å²) >= 11 is 0. The first-order valence-electron chi connectivity index (χ1n) is 14.8. The summed E-state index contributed by atoms with van der Waals surface area (Å²) in [5.74, 6) is 0. The van der Waals surface area contributed by atoms with E-state index in [0.717, 1.165) is 43.7 Å². The fourth-order valence-corrected chi connectivity index (χ4v) is 7.81. The molecule has 0 aliphatic carbocycles. The highest BCUT2D eigenvalue weighted by molar-refractivity contribution is 7.54. The molecule has 0 spiro atoms. The fourth-order valence-electron chi connectivity index (χ4n) is 4.77. The summed E-state index contributed by atoms with van der Waals surface area (Å²) in [4.78, 5) is 0. The van der Waals surface area contributed by atoms with Gasteiger partial charge in [-0.15, -0.1) is 0 Å². The molecule has 5 rings (SSSR count). The van der Waals surface area contributed by atoms with Gasteiger partial charge in [0.2, 0.25) is 0 Å². The van der Waals surface area contributed by atoms with Crippen molar-refractivity contribution in [2.45, 2.75) is 0 Å². The Kier molecular flexibility index (Phi) is 11.8. The minimum atomic E-state index is -1.50. The highest BCUT2D eigenvalue weighted by atomic mass is 31.1. The molecule has 0 radical (unpaired) electrons. The van der Waals surface area contributed by atoms with Gasteiger partial charge in [-0.2, -0.15) is 0 Å². The number of rotatable bonds is 13. The molecule has 6 heteroatoms. The lowest BCUT2D eigenvalue weighted by Crippen LogP contribution is -1.95. The van der Waals surface area contributed by atoms with Crippen molar-refractivity contribution in [3.63, 3.8) is 0 Å². The van der Waals surface area contributed by atoms with Crippen LogP contribution in [0.4, 0.5) is 0 Å². The Morgan fingerprint density at radius 1 is 0.378 bits per heavy atom. The highest BCUT2D eigenvalue weighted by Gasteiger charge is 2.18. The number of allylic oxidation sites excluding steroid dienone is 3. The van der Waals surface area contributed by atoms with Crippen LogP contribution in [0.25, 0.3) is 29.4 Å². The van der Waals surface area contributed by atoms with Crippen LogP contribution in [0.2, 0.25) is 0 Å². The lowest BCUT2D eigenvalue weighted by atomic mass is 9.98. The van der Waals surface area contributed by atoms with Crippen LogP contribution in [-0.2, 0) is 13.7 Å². The molecular formula is C39H34O3P3+3. The van der Waals surface area contributed by atoms with Gasteiger partial charge >= 0.3 is 23.4 Å². The summed E-state index contributed by atoms with van der Waals surface area (Å²) < 4.78 is 38.1. The largest absolute Gasteiger partial charge is 0.380 e. The van der Waals surface area contributed by atoms with Gasteiger partial charge < -0.3 is 0 Å². The van der Waals surface area contributed by atoms with Gasteiger partial charge in [-0.3, -0.25) is 0 Å². The van der Waals surface area contributed by atoms with Crippen LogP contribution < -0.4 is 15.9 Å². The van der Waals surface area contributed by atoms with Crippen LogP contribution in [0.1, 0.15) is 16.7 Å². The molecule has 0 aliphatic rings. The molecule has 3 unspecified atom stereocenters. The van der Waals surface area contributed by atoms with Crippen LogP contribution in [0.3, 0.4) is 0 Å². The molecule has 5 aromatic carbocycles. The minimum absolute atomic E-state index is 0.461. The summed E-state index contributed by atoms with van der Waals surface area (Å²) in [7, 11) is -4.46. The van der Waals surface area contributed by atoms with Crippen LogP contribution >= 0.6 is 23.4 Å². The first-order chi connectivity index (χ1) is 22.0.